The highest BCUT2D eigenvalue weighted by Gasteiger charge is 2.24. The van der Waals surface area contributed by atoms with Crippen molar-refractivity contribution in [2.24, 2.45) is 5.92 Å². The molecule has 1 N–H and O–H groups in total. The zero-order chi connectivity index (χ0) is 18.8. The van der Waals surface area contributed by atoms with Crippen LogP contribution in [0.4, 0.5) is 0 Å². The van der Waals surface area contributed by atoms with E-state index in [2.05, 4.69) is 24.0 Å². The Kier molecular flexibility index (Phi) is 4.88. The number of aryl methyl sites for hydroxylation is 1. The lowest BCUT2D eigenvalue weighted by atomic mass is 9.99. The molecule has 0 unspecified atom stereocenters. The maximum atomic E-state index is 13.0. The van der Waals surface area contributed by atoms with Crippen molar-refractivity contribution >= 4 is 16.8 Å². The Hall–Kier alpha value is -2.75. The summed E-state index contributed by atoms with van der Waals surface area (Å²) in [5.41, 5.74) is 3.82. The number of hydrogen-bond acceptors (Lipinski definition) is 2. The molecule has 0 saturated carbocycles. The average Bonchev–Trinajstić information content (AvgIpc) is 3.03. The molecule has 4 heteroatoms. The number of H-pyrrole nitrogens is 1. The fourth-order valence-corrected chi connectivity index (χ4v) is 3.72. The quantitative estimate of drug-likeness (QED) is 0.715. The first-order valence-corrected chi connectivity index (χ1v) is 9.70. The molecule has 2 aromatic carbocycles. The summed E-state index contributed by atoms with van der Waals surface area (Å²) in [6.07, 6.45) is 2.17. The lowest BCUT2D eigenvalue weighted by Gasteiger charge is -2.30. The van der Waals surface area contributed by atoms with Gasteiger partial charge in [-0.05, 0) is 55.0 Å². The number of rotatable bonds is 4. The van der Waals surface area contributed by atoms with Crippen LogP contribution in [0.15, 0.2) is 48.5 Å². The van der Waals surface area contributed by atoms with E-state index in [9.17, 15) is 4.79 Å². The van der Waals surface area contributed by atoms with Gasteiger partial charge in [-0.25, -0.2) is 0 Å². The van der Waals surface area contributed by atoms with Gasteiger partial charge in [-0.1, -0.05) is 37.3 Å². The lowest BCUT2D eigenvalue weighted by Crippen LogP contribution is -2.38. The number of benzene rings is 2. The SMILES string of the molecule is Cc1c(C(=O)N2CCC(C)CC2)[nH]c2ccc(OCc3ccccc3)cc12. The normalized spacial score (nSPS) is 15.3. The zero-order valence-corrected chi connectivity index (χ0v) is 16.0. The summed E-state index contributed by atoms with van der Waals surface area (Å²) < 4.78 is 5.94. The van der Waals surface area contributed by atoms with Crippen LogP contribution >= 0.6 is 0 Å². The third-order valence-corrected chi connectivity index (χ3v) is 5.56. The van der Waals surface area contributed by atoms with Crippen molar-refractivity contribution in [1.82, 2.24) is 9.88 Å². The number of likely N-dealkylation sites (tertiary alicyclic amines) is 1. The minimum absolute atomic E-state index is 0.113. The van der Waals surface area contributed by atoms with E-state index < -0.39 is 0 Å². The van der Waals surface area contributed by atoms with Crippen LogP contribution in [0.2, 0.25) is 0 Å². The van der Waals surface area contributed by atoms with Crippen LogP contribution in [0.1, 0.15) is 41.4 Å². The van der Waals surface area contributed by atoms with Crippen LogP contribution in [0.5, 0.6) is 5.75 Å². The number of ether oxygens (including phenoxy) is 1. The summed E-state index contributed by atoms with van der Waals surface area (Å²) in [4.78, 5) is 18.3. The predicted molar refractivity (Wildman–Crippen MR) is 108 cm³/mol. The smallest absolute Gasteiger partial charge is 0.270 e. The summed E-state index contributed by atoms with van der Waals surface area (Å²) in [6, 6.07) is 16.1. The Morgan fingerprint density at radius 2 is 1.89 bits per heavy atom. The molecule has 1 saturated heterocycles. The number of carbonyl (C=O) groups is 1. The molecule has 1 aromatic heterocycles. The number of aromatic amines is 1. The van der Waals surface area contributed by atoms with E-state index >= 15 is 0 Å². The molecule has 2 heterocycles. The molecule has 1 aliphatic rings. The van der Waals surface area contributed by atoms with Crippen molar-refractivity contribution in [2.75, 3.05) is 13.1 Å². The first kappa shape index (κ1) is 17.7. The first-order chi connectivity index (χ1) is 13.1. The molecule has 0 atom stereocenters. The molecule has 1 fully saturated rings. The van der Waals surface area contributed by atoms with E-state index in [1.54, 1.807) is 0 Å². The van der Waals surface area contributed by atoms with Gasteiger partial charge in [-0.3, -0.25) is 4.79 Å². The van der Waals surface area contributed by atoms with Crippen LogP contribution in [0.25, 0.3) is 10.9 Å². The minimum atomic E-state index is 0.113. The van der Waals surface area contributed by atoms with Gasteiger partial charge >= 0.3 is 0 Å². The first-order valence-electron chi connectivity index (χ1n) is 9.70. The number of piperidine rings is 1. The van der Waals surface area contributed by atoms with Crippen molar-refractivity contribution in [2.45, 2.75) is 33.3 Å². The van der Waals surface area contributed by atoms with Gasteiger partial charge in [0, 0.05) is 24.0 Å². The number of aromatic nitrogens is 1. The Labute approximate surface area is 160 Å². The van der Waals surface area contributed by atoms with Crippen LogP contribution in [0.3, 0.4) is 0 Å². The fraction of sp³-hybridized carbons (Fsp3) is 0.348. The molecule has 0 radical (unpaired) electrons. The highest BCUT2D eigenvalue weighted by Crippen LogP contribution is 2.28. The highest BCUT2D eigenvalue weighted by molar-refractivity contribution is 6.01. The summed E-state index contributed by atoms with van der Waals surface area (Å²) >= 11 is 0. The molecule has 140 valence electrons. The summed E-state index contributed by atoms with van der Waals surface area (Å²) in [7, 11) is 0. The van der Waals surface area contributed by atoms with Gasteiger partial charge in [-0.15, -0.1) is 0 Å². The average molecular weight is 362 g/mol. The van der Waals surface area contributed by atoms with Crippen LogP contribution in [-0.4, -0.2) is 28.9 Å². The van der Waals surface area contributed by atoms with E-state index in [-0.39, 0.29) is 5.91 Å². The van der Waals surface area contributed by atoms with Gasteiger partial charge in [-0.2, -0.15) is 0 Å². The molecule has 4 nitrogen and oxygen atoms in total. The minimum Gasteiger partial charge on any atom is -0.489 e. The van der Waals surface area contributed by atoms with Gasteiger partial charge in [0.2, 0.25) is 0 Å². The number of nitrogens with one attached hydrogen (secondary N) is 1. The van der Waals surface area contributed by atoms with E-state index in [0.717, 1.165) is 53.7 Å². The van der Waals surface area contributed by atoms with Gasteiger partial charge in [0.05, 0.1) is 0 Å². The lowest BCUT2D eigenvalue weighted by molar-refractivity contribution is 0.0691. The van der Waals surface area contributed by atoms with E-state index in [1.165, 1.54) is 0 Å². The maximum Gasteiger partial charge on any atom is 0.270 e. The Bertz CT molecular complexity index is 938. The molecule has 0 spiro atoms. The van der Waals surface area contributed by atoms with E-state index in [1.807, 2.05) is 48.2 Å². The topological polar surface area (TPSA) is 45.3 Å². The number of fused-ring (bicyclic) bond motifs is 1. The Balaban J connectivity index is 1.54. The summed E-state index contributed by atoms with van der Waals surface area (Å²) in [6.45, 7) is 6.50. The number of amides is 1. The van der Waals surface area contributed by atoms with Gasteiger partial charge in [0.15, 0.2) is 0 Å². The van der Waals surface area contributed by atoms with Crippen LogP contribution in [-0.2, 0) is 6.61 Å². The molecule has 3 aromatic rings. The third kappa shape index (κ3) is 3.70. The van der Waals surface area contributed by atoms with Gasteiger partial charge in [0.25, 0.3) is 5.91 Å². The molecule has 0 bridgehead atoms. The second-order valence-corrected chi connectivity index (χ2v) is 7.58. The molecule has 27 heavy (non-hydrogen) atoms. The van der Waals surface area contributed by atoms with Crippen molar-refractivity contribution in [3.63, 3.8) is 0 Å². The number of hydrogen-bond donors (Lipinski definition) is 1. The van der Waals surface area contributed by atoms with Crippen LogP contribution in [0, 0.1) is 12.8 Å². The van der Waals surface area contributed by atoms with Gasteiger partial charge < -0.3 is 14.6 Å². The fourth-order valence-electron chi connectivity index (χ4n) is 3.72. The molecular weight excluding hydrogens is 336 g/mol. The maximum absolute atomic E-state index is 13.0. The second kappa shape index (κ2) is 7.47. The van der Waals surface area contributed by atoms with E-state index in [0.29, 0.717) is 18.2 Å². The van der Waals surface area contributed by atoms with Crippen molar-refractivity contribution in [3.05, 3.63) is 65.4 Å². The molecular formula is C23H26N2O2. The van der Waals surface area contributed by atoms with Crippen molar-refractivity contribution in [1.29, 1.82) is 0 Å². The van der Waals surface area contributed by atoms with E-state index in [4.69, 9.17) is 4.74 Å². The largest absolute Gasteiger partial charge is 0.489 e. The second-order valence-electron chi connectivity index (χ2n) is 7.58. The Morgan fingerprint density at radius 3 is 2.63 bits per heavy atom. The Morgan fingerprint density at radius 1 is 1.15 bits per heavy atom. The zero-order valence-electron chi connectivity index (χ0n) is 16.0. The molecule has 1 amide bonds. The predicted octanol–water partition coefficient (Wildman–Crippen LogP) is 4.93. The summed E-state index contributed by atoms with van der Waals surface area (Å²) in [5.74, 6) is 1.64. The highest BCUT2D eigenvalue weighted by atomic mass is 16.5. The van der Waals surface area contributed by atoms with Crippen molar-refractivity contribution < 1.29 is 9.53 Å². The van der Waals surface area contributed by atoms with Crippen molar-refractivity contribution in [3.8, 4) is 5.75 Å². The molecule has 4 rings (SSSR count). The van der Waals surface area contributed by atoms with Crippen LogP contribution < -0.4 is 4.74 Å². The van der Waals surface area contributed by atoms with Gasteiger partial charge in [0.1, 0.15) is 18.1 Å². The molecule has 0 aliphatic carbocycles. The monoisotopic (exact) mass is 362 g/mol. The standard InChI is InChI=1S/C23H26N2O2/c1-16-10-12-25(13-11-16)23(26)22-17(2)20-14-19(8-9-21(20)24-22)27-15-18-6-4-3-5-7-18/h3-9,14,16,24H,10-13,15H2,1-2H3. The number of carbonyl (C=O) groups excluding carboxylic acids is 1. The molecule has 1 aliphatic heterocycles. The summed E-state index contributed by atoms with van der Waals surface area (Å²) in [5, 5.41) is 1.05. The number of nitrogens with zero attached hydrogens (tertiary/aromatic N) is 1. The third-order valence-electron chi connectivity index (χ3n) is 5.56.